The van der Waals surface area contributed by atoms with Gasteiger partial charge in [-0.25, -0.2) is 14.6 Å². The van der Waals surface area contributed by atoms with E-state index in [9.17, 15) is 9.59 Å². The Morgan fingerprint density at radius 2 is 1.98 bits per heavy atom. The zero-order valence-corrected chi connectivity index (χ0v) is 26.1. The number of anilines is 3. The standard InChI is InChI=1S/C30H42N10O3/c1-8-15-31-26-22(13-10-9-11-16-32-28(42)21(2)39(5)25(41)14-12-17-38(3)4)19-34-30(36-26)35-23-18-24-27(33-20-23)40(6)37-29(24)43-7/h12,14,18-21H,8-9,11,15-17H2,1-7H3,(H,32,42)(H2,31,34,35,36)/t21-/m0/s1. The molecule has 3 aromatic heterocycles. The van der Waals surface area contributed by atoms with E-state index in [1.807, 2.05) is 32.1 Å². The lowest BCUT2D eigenvalue weighted by Gasteiger charge is -2.23. The maximum Gasteiger partial charge on any atom is 0.246 e. The van der Waals surface area contributed by atoms with E-state index < -0.39 is 6.04 Å². The van der Waals surface area contributed by atoms with Crippen LogP contribution >= 0.6 is 0 Å². The fourth-order valence-electron chi connectivity index (χ4n) is 3.91. The van der Waals surface area contributed by atoms with Crippen LogP contribution in [0.3, 0.4) is 0 Å². The Bertz CT molecular complexity index is 1490. The number of aryl methyl sites for hydroxylation is 1. The molecule has 1 atom stereocenters. The summed E-state index contributed by atoms with van der Waals surface area (Å²) in [5.41, 5.74) is 2.09. The number of fused-ring (bicyclic) bond motifs is 1. The van der Waals surface area contributed by atoms with E-state index in [-0.39, 0.29) is 11.8 Å². The van der Waals surface area contributed by atoms with Gasteiger partial charge < -0.3 is 30.5 Å². The lowest BCUT2D eigenvalue weighted by atomic mass is 10.2. The molecule has 0 bridgehead atoms. The first-order chi connectivity index (χ1) is 20.6. The van der Waals surface area contributed by atoms with Crippen molar-refractivity contribution in [2.75, 3.05) is 58.5 Å². The number of unbranched alkanes of at least 4 members (excludes halogenated alkanes) is 1. The quantitative estimate of drug-likeness (QED) is 0.146. The molecule has 0 aromatic carbocycles. The summed E-state index contributed by atoms with van der Waals surface area (Å²) in [4.78, 5) is 41.7. The molecule has 0 fully saturated rings. The van der Waals surface area contributed by atoms with Crippen molar-refractivity contribution in [1.29, 1.82) is 0 Å². The van der Waals surface area contributed by atoms with E-state index in [0.717, 1.165) is 18.4 Å². The number of rotatable bonds is 14. The summed E-state index contributed by atoms with van der Waals surface area (Å²) >= 11 is 0. The summed E-state index contributed by atoms with van der Waals surface area (Å²) in [6, 6.07) is 1.31. The van der Waals surface area contributed by atoms with Crippen molar-refractivity contribution in [3.63, 3.8) is 0 Å². The minimum atomic E-state index is -0.580. The second kappa shape index (κ2) is 16.1. The number of carbonyl (C=O) groups is 2. The largest absolute Gasteiger partial charge is 0.479 e. The molecule has 13 heteroatoms. The van der Waals surface area contributed by atoms with Gasteiger partial charge in [0.15, 0.2) is 5.65 Å². The maximum atomic E-state index is 12.5. The molecule has 230 valence electrons. The topological polar surface area (TPSA) is 142 Å². The number of nitrogens with zero attached hydrogens (tertiary/aromatic N) is 7. The van der Waals surface area contributed by atoms with Crippen molar-refractivity contribution in [1.82, 2.24) is 39.8 Å². The first-order valence-electron chi connectivity index (χ1n) is 14.2. The SMILES string of the molecule is CCCNc1nc(Nc2cnc3c(c2)c(OC)nn3C)ncc1C#CCCCNC(=O)[C@H](C)N(C)C(=O)C=CCN(C)C. The molecule has 3 heterocycles. The first-order valence-corrected chi connectivity index (χ1v) is 14.2. The molecule has 0 unspecified atom stereocenters. The Kier molecular flexibility index (Phi) is 12.3. The minimum Gasteiger partial charge on any atom is -0.479 e. The van der Waals surface area contributed by atoms with E-state index in [1.165, 1.54) is 11.0 Å². The van der Waals surface area contributed by atoms with Crippen molar-refractivity contribution in [2.45, 2.75) is 39.2 Å². The number of pyridine rings is 1. The van der Waals surface area contributed by atoms with Gasteiger partial charge in [-0.05, 0) is 39.9 Å². The van der Waals surface area contributed by atoms with Gasteiger partial charge >= 0.3 is 0 Å². The van der Waals surface area contributed by atoms with Crippen LogP contribution in [0.5, 0.6) is 5.88 Å². The molecular formula is C30H42N10O3. The highest BCUT2D eigenvalue weighted by Crippen LogP contribution is 2.26. The van der Waals surface area contributed by atoms with Crippen LogP contribution in [0, 0.1) is 11.8 Å². The van der Waals surface area contributed by atoms with E-state index in [4.69, 9.17) is 4.74 Å². The molecule has 0 spiro atoms. The lowest BCUT2D eigenvalue weighted by Crippen LogP contribution is -2.45. The molecule has 0 aliphatic rings. The second-order valence-corrected chi connectivity index (χ2v) is 10.2. The summed E-state index contributed by atoms with van der Waals surface area (Å²) in [5.74, 6) is 7.41. The van der Waals surface area contributed by atoms with Gasteiger partial charge in [0.2, 0.25) is 23.6 Å². The van der Waals surface area contributed by atoms with Gasteiger partial charge in [-0.2, -0.15) is 4.98 Å². The van der Waals surface area contributed by atoms with Gasteiger partial charge in [-0.15, -0.1) is 5.10 Å². The maximum absolute atomic E-state index is 12.5. The second-order valence-electron chi connectivity index (χ2n) is 10.2. The normalized spacial score (nSPS) is 11.7. The van der Waals surface area contributed by atoms with E-state index in [2.05, 4.69) is 54.8 Å². The van der Waals surface area contributed by atoms with Crippen molar-refractivity contribution in [3.8, 4) is 17.7 Å². The van der Waals surface area contributed by atoms with Crippen LogP contribution in [-0.2, 0) is 16.6 Å². The van der Waals surface area contributed by atoms with Crippen LogP contribution in [0.25, 0.3) is 11.0 Å². The molecule has 3 N–H and O–H groups in total. The first kappa shape index (κ1) is 32.8. The van der Waals surface area contributed by atoms with Gasteiger partial charge in [-0.1, -0.05) is 24.8 Å². The number of carbonyl (C=O) groups excluding carboxylic acids is 2. The number of hydrogen-bond acceptors (Lipinski definition) is 10. The highest BCUT2D eigenvalue weighted by atomic mass is 16.5. The molecule has 2 amide bonds. The molecule has 0 radical (unpaired) electrons. The highest BCUT2D eigenvalue weighted by molar-refractivity contribution is 5.92. The van der Waals surface area contributed by atoms with Crippen molar-refractivity contribution in [3.05, 3.63) is 36.2 Å². The number of ether oxygens (including phenoxy) is 1. The fourth-order valence-corrected chi connectivity index (χ4v) is 3.91. The van der Waals surface area contributed by atoms with Gasteiger partial charge in [0, 0.05) is 46.2 Å². The van der Waals surface area contributed by atoms with Gasteiger partial charge in [0.25, 0.3) is 0 Å². The van der Waals surface area contributed by atoms with Crippen molar-refractivity contribution < 1.29 is 14.3 Å². The Morgan fingerprint density at radius 3 is 2.70 bits per heavy atom. The summed E-state index contributed by atoms with van der Waals surface area (Å²) in [6.45, 7) is 5.63. The number of aromatic nitrogens is 5. The Hall–Kier alpha value is -4.70. The zero-order valence-electron chi connectivity index (χ0n) is 26.1. The van der Waals surface area contributed by atoms with E-state index in [0.29, 0.717) is 60.5 Å². The molecule has 3 rings (SSSR count). The molecular weight excluding hydrogens is 548 g/mol. The summed E-state index contributed by atoms with van der Waals surface area (Å²) in [7, 11) is 8.85. The Labute approximate surface area is 253 Å². The lowest BCUT2D eigenvalue weighted by molar-refractivity contribution is -0.135. The van der Waals surface area contributed by atoms with Crippen LogP contribution < -0.4 is 20.7 Å². The van der Waals surface area contributed by atoms with Gasteiger partial charge in [-0.3, -0.25) is 9.59 Å². The average Bonchev–Trinajstić information content (AvgIpc) is 3.31. The van der Waals surface area contributed by atoms with Gasteiger partial charge in [0.05, 0.1) is 36.1 Å². The molecule has 0 saturated heterocycles. The predicted octanol–water partition coefficient (Wildman–Crippen LogP) is 2.55. The molecule has 0 saturated carbocycles. The number of likely N-dealkylation sites (N-methyl/N-ethyl adjacent to an activating group) is 2. The van der Waals surface area contributed by atoms with Crippen LogP contribution in [0.2, 0.25) is 0 Å². The highest BCUT2D eigenvalue weighted by Gasteiger charge is 2.20. The van der Waals surface area contributed by atoms with Crippen molar-refractivity contribution in [2.24, 2.45) is 7.05 Å². The zero-order chi connectivity index (χ0) is 31.4. The van der Waals surface area contributed by atoms with Crippen molar-refractivity contribution >= 4 is 40.3 Å². The third-order valence-corrected chi connectivity index (χ3v) is 6.46. The van der Waals surface area contributed by atoms with Crippen LogP contribution in [0.1, 0.15) is 38.7 Å². The Balaban J connectivity index is 1.56. The van der Waals surface area contributed by atoms with E-state index >= 15 is 0 Å². The monoisotopic (exact) mass is 590 g/mol. The number of hydrogen-bond donors (Lipinski definition) is 3. The van der Waals surface area contributed by atoms with E-state index in [1.54, 1.807) is 44.2 Å². The smallest absolute Gasteiger partial charge is 0.246 e. The van der Waals surface area contributed by atoms with Crippen LogP contribution in [0.4, 0.5) is 17.5 Å². The van der Waals surface area contributed by atoms with Gasteiger partial charge in [0.1, 0.15) is 11.9 Å². The summed E-state index contributed by atoms with van der Waals surface area (Å²) < 4.78 is 7.02. The predicted molar refractivity (Wildman–Crippen MR) is 168 cm³/mol. The van der Waals surface area contributed by atoms with Crippen LogP contribution in [0.15, 0.2) is 30.6 Å². The summed E-state index contributed by atoms with van der Waals surface area (Å²) in [6.07, 6.45) is 8.80. The molecule has 0 aliphatic heterocycles. The number of methoxy groups -OCH3 is 1. The molecule has 3 aromatic rings. The average molecular weight is 591 g/mol. The third-order valence-electron chi connectivity index (χ3n) is 6.46. The number of nitrogens with one attached hydrogen (secondary N) is 3. The molecule has 43 heavy (non-hydrogen) atoms. The third kappa shape index (κ3) is 9.40. The summed E-state index contributed by atoms with van der Waals surface area (Å²) in [5, 5.41) is 14.5. The molecule has 13 nitrogen and oxygen atoms in total. The minimum absolute atomic E-state index is 0.205. The number of amides is 2. The Morgan fingerprint density at radius 1 is 1.19 bits per heavy atom. The van der Waals surface area contributed by atoms with Crippen LogP contribution in [-0.4, -0.2) is 100 Å². The molecule has 0 aliphatic carbocycles. The fraction of sp³-hybridized carbons (Fsp3) is 0.467.